The molecule has 0 aliphatic carbocycles. The van der Waals surface area contributed by atoms with E-state index in [-0.39, 0.29) is 11.1 Å². The summed E-state index contributed by atoms with van der Waals surface area (Å²) in [5.41, 5.74) is 4.35. The summed E-state index contributed by atoms with van der Waals surface area (Å²) in [7, 11) is 0. The first kappa shape index (κ1) is 17.7. The third kappa shape index (κ3) is 4.66. The van der Waals surface area contributed by atoms with Gasteiger partial charge in [0.05, 0.1) is 11.1 Å². The van der Waals surface area contributed by atoms with Crippen LogP contribution in [0.4, 0.5) is 10.1 Å². The zero-order chi connectivity index (χ0) is 17.0. The highest BCUT2D eigenvalue weighted by Gasteiger charge is 2.13. The molecule has 23 heavy (non-hydrogen) atoms. The number of anilines is 1. The maximum atomic E-state index is 13.2. The van der Waals surface area contributed by atoms with E-state index in [1.165, 1.54) is 28.8 Å². The van der Waals surface area contributed by atoms with Crippen LogP contribution < -0.4 is 10.6 Å². The summed E-state index contributed by atoms with van der Waals surface area (Å²) in [5, 5.41) is 6.91. The first-order chi connectivity index (χ1) is 10.9. The van der Waals surface area contributed by atoms with Gasteiger partial charge in [0.15, 0.2) is 5.11 Å². The van der Waals surface area contributed by atoms with E-state index < -0.39 is 5.82 Å². The number of nitrogens with one attached hydrogen (secondary N) is 2. The van der Waals surface area contributed by atoms with Gasteiger partial charge in [-0.05, 0) is 61.8 Å². The number of rotatable bonds is 4. The Bertz CT molecular complexity index is 718. The zero-order valence-corrected chi connectivity index (χ0v) is 15.0. The summed E-state index contributed by atoms with van der Waals surface area (Å²) in [5.74, 6) is -0.446. The van der Waals surface area contributed by atoms with Crippen molar-refractivity contribution in [1.29, 1.82) is 0 Å². The molecule has 0 bridgehead atoms. The number of aryl methyl sites for hydroxylation is 2. The van der Waals surface area contributed by atoms with Crippen LogP contribution in [0.1, 0.15) is 36.1 Å². The highest BCUT2D eigenvalue weighted by Crippen LogP contribution is 2.23. The maximum Gasteiger partial charge on any atom is 0.171 e. The minimum Gasteiger partial charge on any atom is -0.356 e. The molecule has 0 aliphatic rings. The van der Waals surface area contributed by atoms with Crippen molar-refractivity contribution in [1.82, 2.24) is 5.32 Å². The van der Waals surface area contributed by atoms with Gasteiger partial charge in [0.25, 0.3) is 0 Å². The van der Waals surface area contributed by atoms with Crippen molar-refractivity contribution in [2.24, 2.45) is 0 Å². The van der Waals surface area contributed by atoms with Gasteiger partial charge in [0, 0.05) is 5.69 Å². The molecule has 0 fully saturated rings. The summed E-state index contributed by atoms with van der Waals surface area (Å²) in [6, 6.07) is 10.9. The lowest BCUT2D eigenvalue weighted by molar-refractivity contribution is 0.624. The van der Waals surface area contributed by atoms with E-state index in [1.807, 2.05) is 0 Å². The summed E-state index contributed by atoms with van der Waals surface area (Å²) < 4.78 is 13.2. The predicted octanol–water partition coefficient (Wildman–Crippen LogP) is 5.53. The Balaban J connectivity index is 2.08. The molecule has 2 nitrogen and oxygen atoms in total. The van der Waals surface area contributed by atoms with Crippen LogP contribution in [0, 0.1) is 19.7 Å². The second-order valence-electron chi connectivity index (χ2n) is 5.55. The van der Waals surface area contributed by atoms with Crippen molar-refractivity contribution in [3.8, 4) is 0 Å². The van der Waals surface area contributed by atoms with Crippen molar-refractivity contribution in [2.45, 2.75) is 33.2 Å². The molecule has 0 aromatic heterocycles. The topological polar surface area (TPSA) is 24.1 Å². The van der Waals surface area contributed by atoms with Gasteiger partial charge < -0.3 is 10.6 Å². The SMILES string of the molecule is CC[C@H](NC(=S)Nc1ccc(F)c(Cl)c1)c1ccc(C)cc1C. The van der Waals surface area contributed by atoms with Gasteiger partial charge in [-0.1, -0.05) is 42.3 Å². The average Bonchev–Trinajstić information content (AvgIpc) is 2.49. The molecular formula is C18H20ClFN2S. The van der Waals surface area contributed by atoms with E-state index in [0.29, 0.717) is 10.8 Å². The van der Waals surface area contributed by atoms with Gasteiger partial charge in [-0.3, -0.25) is 0 Å². The average molecular weight is 351 g/mol. The fourth-order valence-electron chi connectivity index (χ4n) is 2.52. The Morgan fingerprint density at radius 3 is 2.57 bits per heavy atom. The molecule has 0 heterocycles. The lowest BCUT2D eigenvalue weighted by atomic mass is 9.98. The van der Waals surface area contributed by atoms with Crippen LogP contribution in [0.3, 0.4) is 0 Å². The largest absolute Gasteiger partial charge is 0.356 e. The molecule has 2 aromatic rings. The summed E-state index contributed by atoms with van der Waals surface area (Å²) >= 11 is 11.1. The van der Waals surface area contributed by atoms with Gasteiger partial charge in [-0.2, -0.15) is 0 Å². The molecule has 2 rings (SSSR count). The second-order valence-corrected chi connectivity index (χ2v) is 6.36. The number of hydrogen-bond acceptors (Lipinski definition) is 1. The van der Waals surface area contributed by atoms with E-state index in [1.54, 1.807) is 6.07 Å². The van der Waals surface area contributed by atoms with E-state index in [2.05, 4.69) is 49.6 Å². The van der Waals surface area contributed by atoms with Crippen molar-refractivity contribution < 1.29 is 4.39 Å². The number of thiocarbonyl (C=S) groups is 1. The lowest BCUT2D eigenvalue weighted by Gasteiger charge is -2.22. The molecule has 0 saturated heterocycles. The van der Waals surface area contributed by atoms with Crippen LogP contribution in [0.25, 0.3) is 0 Å². The minimum absolute atomic E-state index is 0.0687. The van der Waals surface area contributed by atoms with Gasteiger partial charge >= 0.3 is 0 Å². The molecule has 122 valence electrons. The van der Waals surface area contributed by atoms with Crippen LogP contribution in [0.2, 0.25) is 5.02 Å². The first-order valence-corrected chi connectivity index (χ1v) is 8.29. The third-order valence-electron chi connectivity index (χ3n) is 3.69. The molecule has 0 aliphatic heterocycles. The van der Waals surface area contributed by atoms with Crippen LogP contribution >= 0.6 is 23.8 Å². The van der Waals surface area contributed by atoms with Crippen molar-refractivity contribution in [3.63, 3.8) is 0 Å². The molecule has 0 amide bonds. The van der Waals surface area contributed by atoms with Gasteiger partial charge in [-0.25, -0.2) is 4.39 Å². The maximum absolute atomic E-state index is 13.2. The smallest absolute Gasteiger partial charge is 0.171 e. The number of hydrogen-bond donors (Lipinski definition) is 2. The Labute approximate surface area is 147 Å². The van der Waals surface area contributed by atoms with E-state index in [0.717, 1.165) is 6.42 Å². The molecule has 2 N–H and O–H groups in total. The fourth-order valence-corrected chi connectivity index (χ4v) is 2.96. The minimum atomic E-state index is -0.446. The van der Waals surface area contributed by atoms with E-state index >= 15 is 0 Å². The Morgan fingerprint density at radius 1 is 1.22 bits per heavy atom. The van der Waals surface area contributed by atoms with E-state index in [4.69, 9.17) is 23.8 Å². The Kier molecular flexibility index (Phi) is 5.97. The highest BCUT2D eigenvalue weighted by molar-refractivity contribution is 7.80. The monoisotopic (exact) mass is 350 g/mol. The van der Waals surface area contributed by atoms with Gasteiger partial charge in [0.1, 0.15) is 5.82 Å². The Hall–Kier alpha value is -1.65. The van der Waals surface area contributed by atoms with Crippen LogP contribution in [0.15, 0.2) is 36.4 Å². The Morgan fingerprint density at radius 2 is 1.96 bits per heavy atom. The quantitative estimate of drug-likeness (QED) is 0.708. The molecule has 0 unspecified atom stereocenters. The molecule has 2 aromatic carbocycles. The lowest BCUT2D eigenvalue weighted by Crippen LogP contribution is -2.32. The third-order valence-corrected chi connectivity index (χ3v) is 4.20. The molecule has 0 saturated carbocycles. The summed E-state index contributed by atoms with van der Waals surface area (Å²) in [6.45, 7) is 6.28. The van der Waals surface area contributed by atoms with Crippen LogP contribution in [-0.4, -0.2) is 5.11 Å². The van der Waals surface area contributed by atoms with Crippen LogP contribution in [0.5, 0.6) is 0 Å². The molecule has 5 heteroatoms. The molecule has 0 radical (unpaired) electrons. The normalized spacial score (nSPS) is 11.9. The van der Waals surface area contributed by atoms with Gasteiger partial charge in [-0.15, -0.1) is 0 Å². The highest BCUT2D eigenvalue weighted by atomic mass is 35.5. The summed E-state index contributed by atoms with van der Waals surface area (Å²) in [4.78, 5) is 0. The first-order valence-electron chi connectivity index (χ1n) is 7.50. The van der Waals surface area contributed by atoms with Crippen molar-refractivity contribution >= 4 is 34.6 Å². The summed E-state index contributed by atoms with van der Waals surface area (Å²) in [6.07, 6.45) is 0.899. The standard InChI is InChI=1S/C18H20ClFN2S/c1-4-17(14-7-5-11(2)9-12(14)3)22-18(23)21-13-6-8-16(20)15(19)10-13/h5-10,17H,4H2,1-3H3,(H2,21,22,23)/t17-/m0/s1. The molecule has 1 atom stereocenters. The fraction of sp³-hybridized carbons (Fsp3) is 0.278. The second kappa shape index (κ2) is 7.75. The number of halogens is 2. The van der Waals surface area contributed by atoms with Gasteiger partial charge in [0.2, 0.25) is 0 Å². The van der Waals surface area contributed by atoms with Crippen molar-refractivity contribution in [3.05, 3.63) is 63.9 Å². The zero-order valence-electron chi connectivity index (χ0n) is 13.4. The number of benzene rings is 2. The van der Waals surface area contributed by atoms with E-state index in [9.17, 15) is 4.39 Å². The molecular weight excluding hydrogens is 331 g/mol. The van der Waals surface area contributed by atoms with Crippen LogP contribution in [-0.2, 0) is 0 Å². The molecule has 0 spiro atoms. The predicted molar refractivity (Wildman–Crippen MR) is 99.7 cm³/mol. The van der Waals surface area contributed by atoms with Crippen molar-refractivity contribution in [2.75, 3.05) is 5.32 Å².